The summed E-state index contributed by atoms with van der Waals surface area (Å²) < 4.78 is 35.2. The van der Waals surface area contributed by atoms with E-state index in [9.17, 15) is 9.59 Å². The van der Waals surface area contributed by atoms with E-state index in [4.69, 9.17) is 28.4 Å². The van der Waals surface area contributed by atoms with Gasteiger partial charge in [-0.05, 0) is 44.5 Å². The molecule has 0 aromatic carbocycles. The van der Waals surface area contributed by atoms with E-state index >= 15 is 0 Å². The number of ether oxygens (including phenoxy) is 6. The minimum absolute atomic E-state index is 0.254. The molecule has 10 heteroatoms. The molecular formula is C24H28N2O8. The number of fused-ring (bicyclic) bond motifs is 1. The lowest BCUT2D eigenvalue weighted by atomic mass is 10.1. The third-order valence-corrected chi connectivity index (χ3v) is 5.34. The van der Waals surface area contributed by atoms with Crippen LogP contribution in [0.1, 0.15) is 47.9 Å². The largest absolute Gasteiger partial charge is 0.458 e. The number of aromatic nitrogens is 2. The van der Waals surface area contributed by atoms with E-state index in [0.29, 0.717) is 6.61 Å². The zero-order valence-electron chi connectivity index (χ0n) is 19.3. The van der Waals surface area contributed by atoms with Crippen LogP contribution in [0.2, 0.25) is 0 Å². The van der Waals surface area contributed by atoms with Crippen molar-refractivity contribution in [2.75, 3.05) is 13.2 Å². The highest BCUT2D eigenvalue weighted by Gasteiger charge is 2.58. The van der Waals surface area contributed by atoms with Crippen LogP contribution < -0.4 is 0 Å². The predicted molar refractivity (Wildman–Crippen MR) is 117 cm³/mol. The van der Waals surface area contributed by atoms with Crippen LogP contribution in [-0.4, -0.2) is 71.6 Å². The Morgan fingerprint density at radius 1 is 1.06 bits per heavy atom. The van der Waals surface area contributed by atoms with E-state index < -0.39 is 48.4 Å². The van der Waals surface area contributed by atoms with Crippen LogP contribution in [0, 0.1) is 0 Å². The first-order chi connectivity index (χ1) is 16.4. The number of pyridine rings is 2. The molecule has 4 heterocycles. The molecule has 2 aromatic heterocycles. The third kappa shape index (κ3) is 5.58. The van der Waals surface area contributed by atoms with E-state index in [1.807, 2.05) is 6.92 Å². The first-order valence-electron chi connectivity index (χ1n) is 11.2. The van der Waals surface area contributed by atoms with Gasteiger partial charge in [0.15, 0.2) is 18.2 Å². The SMILES string of the molecule is CCCO[C@@H]1[C@H]2OC(C)(C)O[C@H]2O[C@@H]1[C@@H](COC(=O)c1cccnc1)OC(=O)c1cccnc1. The molecule has 0 N–H and O–H groups in total. The number of hydrogen-bond acceptors (Lipinski definition) is 10. The minimum atomic E-state index is -0.990. The summed E-state index contributed by atoms with van der Waals surface area (Å²) >= 11 is 0. The Bertz CT molecular complexity index is 971. The van der Waals surface area contributed by atoms with Crippen LogP contribution in [-0.2, 0) is 28.4 Å². The molecule has 0 amide bonds. The van der Waals surface area contributed by atoms with Gasteiger partial charge in [-0.3, -0.25) is 9.97 Å². The molecule has 0 saturated carbocycles. The Morgan fingerprint density at radius 2 is 1.74 bits per heavy atom. The molecule has 2 aliphatic heterocycles. The first kappa shape index (κ1) is 24.2. The van der Waals surface area contributed by atoms with Gasteiger partial charge in [0.05, 0.1) is 11.1 Å². The summed E-state index contributed by atoms with van der Waals surface area (Å²) in [6.45, 7) is 5.73. The maximum atomic E-state index is 12.8. The molecular weight excluding hydrogens is 444 g/mol. The number of rotatable bonds is 9. The molecule has 0 bridgehead atoms. The zero-order chi connectivity index (χ0) is 24.1. The van der Waals surface area contributed by atoms with E-state index in [1.54, 1.807) is 50.5 Å². The quantitative estimate of drug-likeness (QED) is 0.504. The van der Waals surface area contributed by atoms with Gasteiger partial charge in [0.2, 0.25) is 0 Å². The molecule has 5 atom stereocenters. The highest BCUT2D eigenvalue weighted by molar-refractivity contribution is 5.89. The van der Waals surface area contributed by atoms with Gasteiger partial charge < -0.3 is 28.4 Å². The summed E-state index contributed by atoms with van der Waals surface area (Å²) in [4.78, 5) is 33.2. The average molecular weight is 472 g/mol. The maximum Gasteiger partial charge on any atom is 0.340 e. The van der Waals surface area contributed by atoms with Crippen molar-refractivity contribution < 1.29 is 38.0 Å². The summed E-state index contributed by atoms with van der Waals surface area (Å²) in [5, 5.41) is 0. The van der Waals surface area contributed by atoms with Crippen molar-refractivity contribution in [3.8, 4) is 0 Å². The van der Waals surface area contributed by atoms with Gasteiger partial charge in [0.25, 0.3) is 0 Å². The first-order valence-corrected chi connectivity index (χ1v) is 11.2. The second-order valence-corrected chi connectivity index (χ2v) is 8.43. The van der Waals surface area contributed by atoms with E-state index in [0.717, 1.165) is 6.42 Å². The molecule has 0 aliphatic carbocycles. The van der Waals surface area contributed by atoms with Crippen molar-refractivity contribution in [2.45, 2.75) is 63.7 Å². The number of nitrogens with zero attached hydrogens (tertiary/aromatic N) is 2. The van der Waals surface area contributed by atoms with Crippen LogP contribution in [0.15, 0.2) is 49.1 Å². The fraction of sp³-hybridized carbons (Fsp3) is 0.500. The van der Waals surface area contributed by atoms with Gasteiger partial charge in [-0.15, -0.1) is 0 Å². The topological polar surface area (TPSA) is 115 Å². The summed E-state index contributed by atoms with van der Waals surface area (Å²) in [6, 6.07) is 6.42. The number of hydrogen-bond donors (Lipinski definition) is 0. The Hall–Kier alpha value is -2.92. The standard InChI is InChI=1S/C24H28N2O8/c1-4-11-29-19-18(32-23-20(19)33-24(2,3)34-23)17(31-22(28)16-8-6-10-26-13-16)14-30-21(27)15-7-5-9-25-12-15/h5-10,12-13,17-20,23H,4,11,14H2,1-3H3/t17-,18-,19+,20-,23-/m1/s1. The Balaban J connectivity index is 1.54. The summed E-state index contributed by atoms with van der Waals surface area (Å²) in [7, 11) is 0. The van der Waals surface area contributed by atoms with Gasteiger partial charge >= 0.3 is 11.9 Å². The smallest absolute Gasteiger partial charge is 0.340 e. The van der Waals surface area contributed by atoms with Crippen LogP contribution in [0.25, 0.3) is 0 Å². The van der Waals surface area contributed by atoms with Crippen LogP contribution >= 0.6 is 0 Å². The molecule has 2 aliphatic rings. The average Bonchev–Trinajstić information content (AvgIpc) is 3.32. The van der Waals surface area contributed by atoms with Crippen LogP contribution in [0.3, 0.4) is 0 Å². The molecule has 2 saturated heterocycles. The number of carbonyl (C=O) groups is 2. The van der Waals surface area contributed by atoms with Gasteiger partial charge in [-0.1, -0.05) is 6.92 Å². The third-order valence-electron chi connectivity index (χ3n) is 5.34. The second-order valence-electron chi connectivity index (χ2n) is 8.43. The molecule has 182 valence electrons. The van der Waals surface area contributed by atoms with E-state index in [-0.39, 0.29) is 17.7 Å². The van der Waals surface area contributed by atoms with Crippen molar-refractivity contribution in [1.82, 2.24) is 9.97 Å². The fourth-order valence-corrected chi connectivity index (χ4v) is 3.86. The maximum absolute atomic E-state index is 12.8. The van der Waals surface area contributed by atoms with Crippen molar-refractivity contribution in [3.05, 3.63) is 60.2 Å². The van der Waals surface area contributed by atoms with Crippen LogP contribution in [0.4, 0.5) is 0 Å². The summed E-state index contributed by atoms with van der Waals surface area (Å²) in [5.74, 6) is -2.08. The number of esters is 2. The highest BCUT2D eigenvalue weighted by Crippen LogP contribution is 2.40. The number of carbonyl (C=O) groups excluding carboxylic acids is 2. The molecule has 0 radical (unpaired) electrons. The van der Waals surface area contributed by atoms with Crippen molar-refractivity contribution in [2.24, 2.45) is 0 Å². The minimum Gasteiger partial charge on any atom is -0.458 e. The molecule has 0 spiro atoms. The van der Waals surface area contributed by atoms with E-state index in [2.05, 4.69) is 9.97 Å². The lowest BCUT2D eigenvalue weighted by Crippen LogP contribution is -2.46. The van der Waals surface area contributed by atoms with Crippen molar-refractivity contribution >= 4 is 11.9 Å². The molecule has 4 rings (SSSR count). The normalized spacial score (nSPS) is 26.0. The Morgan fingerprint density at radius 3 is 2.35 bits per heavy atom. The second kappa shape index (κ2) is 10.6. The van der Waals surface area contributed by atoms with Crippen molar-refractivity contribution in [1.29, 1.82) is 0 Å². The van der Waals surface area contributed by atoms with Gasteiger partial charge in [0, 0.05) is 31.4 Å². The van der Waals surface area contributed by atoms with Gasteiger partial charge in [-0.2, -0.15) is 0 Å². The van der Waals surface area contributed by atoms with Gasteiger partial charge in [0.1, 0.15) is 24.9 Å². The van der Waals surface area contributed by atoms with E-state index in [1.165, 1.54) is 12.4 Å². The molecule has 10 nitrogen and oxygen atoms in total. The molecule has 2 aromatic rings. The van der Waals surface area contributed by atoms with Crippen LogP contribution in [0.5, 0.6) is 0 Å². The molecule has 34 heavy (non-hydrogen) atoms. The fourth-order valence-electron chi connectivity index (χ4n) is 3.86. The predicted octanol–water partition coefficient (Wildman–Crippen LogP) is 2.53. The lowest BCUT2D eigenvalue weighted by Gasteiger charge is -2.30. The Kier molecular flexibility index (Phi) is 7.52. The zero-order valence-corrected chi connectivity index (χ0v) is 19.3. The van der Waals surface area contributed by atoms with Crippen molar-refractivity contribution in [3.63, 3.8) is 0 Å². The Labute approximate surface area is 197 Å². The molecule has 2 fully saturated rings. The summed E-state index contributed by atoms with van der Waals surface area (Å²) in [5.41, 5.74) is 0.528. The molecule has 0 unspecified atom stereocenters. The highest BCUT2D eigenvalue weighted by atomic mass is 16.8. The lowest BCUT2D eigenvalue weighted by molar-refractivity contribution is -0.231. The monoisotopic (exact) mass is 472 g/mol. The van der Waals surface area contributed by atoms with Gasteiger partial charge in [-0.25, -0.2) is 9.59 Å². The summed E-state index contributed by atoms with van der Waals surface area (Å²) in [6.07, 6.45) is 3.04.